The molecule has 1 aromatic heterocycles. The fourth-order valence-electron chi connectivity index (χ4n) is 3.15. The summed E-state index contributed by atoms with van der Waals surface area (Å²) in [6.07, 6.45) is 1.60. The number of carboxylic acid groups (broad SMARTS) is 1. The maximum atomic E-state index is 11.7. The fraction of sp³-hybridized carbons (Fsp3) is 0.667. The zero-order valence-corrected chi connectivity index (χ0v) is 20.0. The van der Waals surface area contributed by atoms with Gasteiger partial charge in [0.1, 0.15) is 11.6 Å². The number of hydrogen-bond donors (Lipinski definition) is 6. The maximum Gasteiger partial charge on any atom is 0.481 e. The number of thioether (sulfide) groups is 1. The minimum atomic E-state index is -5.24. The van der Waals surface area contributed by atoms with Crippen LogP contribution in [0.2, 0.25) is 0 Å². The summed E-state index contributed by atoms with van der Waals surface area (Å²) in [4.78, 5) is 48.3. The monoisotopic (exact) mass is 516 g/mol. The normalized spacial score (nSPS) is 25.9. The molecule has 0 aromatic carbocycles. The molecule has 1 fully saturated rings. The van der Waals surface area contributed by atoms with Crippen LogP contribution >= 0.6 is 27.4 Å². The fourth-order valence-corrected chi connectivity index (χ4v) is 6.49. The predicted octanol–water partition coefficient (Wildman–Crippen LogP) is 0.451. The number of carboxylic acids is 1. The lowest BCUT2D eigenvalue weighted by molar-refractivity contribution is -0.160. The second-order valence-electron chi connectivity index (χ2n) is 7.38. The number of aromatic nitrogens is 2. The number of hydrogen-bond acceptors (Lipinski definition) is 11. The summed E-state index contributed by atoms with van der Waals surface area (Å²) in [6.45, 7) is 4.31. The van der Waals surface area contributed by atoms with Crippen LogP contribution in [0, 0.1) is 6.92 Å². The van der Waals surface area contributed by atoms with Crippen LogP contribution in [0.25, 0.3) is 0 Å². The summed E-state index contributed by atoms with van der Waals surface area (Å²) in [5, 5.41) is 18.8. The first kappa shape index (κ1) is 27.1. The average molecular weight is 516 g/mol. The summed E-state index contributed by atoms with van der Waals surface area (Å²) in [5.74, 6) is -0.761. The molecule has 0 spiro atoms. The largest absolute Gasteiger partial charge is 0.481 e. The Balaban J connectivity index is 2.18. The van der Waals surface area contributed by atoms with Gasteiger partial charge in [-0.2, -0.15) is 4.31 Å². The van der Waals surface area contributed by atoms with Crippen molar-refractivity contribution in [2.24, 2.45) is 0 Å². The molecule has 0 aliphatic carbocycles. The van der Waals surface area contributed by atoms with E-state index in [0.29, 0.717) is 11.4 Å². The van der Waals surface area contributed by atoms with Crippen LogP contribution in [0.15, 0.2) is 6.20 Å². The third-order valence-electron chi connectivity index (χ3n) is 4.82. The van der Waals surface area contributed by atoms with Gasteiger partial charge in [-0.25, -0.2) is 23.9 Å². The molecule has 2 heterocycles. The van der Waals surface area contributed by atoms with Crippen molar-refractivity contribution >= 4 is 39.2 Å². The van der Waals surface area contributed by atoms with E-state index >= 15 is 0 Å². The van der Waals surface area contributed by atoms with Crippen LogP contribution in [-0.2, 0) is 29.3 Å². The molecule has 2 rings (SSSR count). The molecule has 1 aromatic rings. The summed E-state index contributed by atoms with van der Waals surface area (Å²) >= 11 is 1.12. The van der Waals surface area contributed by atoms with Crippen LogP contribution in [0.5, 0.6) is 0 Å². The molecule has 0 bridgehead atoms. The summed E-state index contributed by atoms with van der Waals surface area (Å²) in [5.41, 5.74) is 4.33. The van der Waals surface area contributed by atoms with Gasteiger partial charge in [0.15, 0.2) is 5.60 Å². The Hall–Kier alpha value is -1.12. The standard InChI is InChI=1S/C15H26N4O10P2S/c1-8-11(4-5-28-31(26,27)29-30(23,24)25)32-13(15(3,22)14(20)21)19(8)7-10-6-17-9(2)18-12(10)16/h6,8,11,13,22H,4-5,7H2,1-3H3,(H,20,21)(H,26,27)(H2,16,17,18)(H2,23,24,25)/t8?,11-,13+,15+/m0/s1. The number of rotatable bonds is 10. The van der Waals surface area contributed by atoms with E-state index < -0.39 is 39.2 Å². The van der Waals surface area contributed by atoms with Gasteiger partial charge in [0.05, 0.1) is 12.0 Å². The first-order chi connectivity index (χ1) is 14.5. The number of nitrogens with zero attached hydrogens (tertiary/aromatic N) is 3. The van der Waals surface area contributed by atoms with Gasteiger partial charge in [0, 0.05) is 29.6 Å². The van der Waals surface area contributed by atoms with Crippen molar-refractivity contribution in [1.82, 2.24) is 14.9 Å². The number of aliphatic carboxylic acids is 1. The Kier molecular flexibility index (Phi) is 8.49. The molecule has 5 atom stereocenters. The Labute approximate surface area is 188 Å². The molecule has 1 aliphatic heterocycles. The zero-order valence-electron chi connectivity index (χ0n) is 17.4. The van der Waals surface area contributed by atoms with Gasteiger partial charge in [-0.15, -0.1) is 11.8 Å². The van der Waals surface area contributed by atoms with E-state index in [1.807, 2.05) is 0 Å². The van der Waals surface area contributed by atoms with Gasteiger partial charge >= 0.3 is 21.6 Å². The number of aryl methyl sites for hydroxylation is 1. The number of carbonyl (C=O) groups is 1. The minimum absolute atomic E-state index is 0.0868. The van der Waals surface area contributed by atoms with Gasteiger partial charge in [0.25, 0.3) is 0 Å². The number of phosphoric acid groups is 2. The van der Waals surface area contributed by atoms with Crippen LogP contribution in [0.3, 0.4) is 0 Å². The molecule has 0 saturated carbocycles. The smallest absolute Gasteiger partial charge is 0.479 e. The third kappa shape index (κ3) is 6.94. The number of anilines is 1. The molecule has 0 radical (unpaired) electrons. The molecule has 14 nitrogen and oxygen atoms in total. The summed E-state index contributed by atoms with van der Waals surface area (Å²) < 4.78 is 30.7. The topological polar surface area (TPSA) is 226 Å². The van der Waals surface area contributed by atoms with Gasteiger partial charge < -0.3 is 30.6 Å². The lowest BCUT2D eigenvalue weighted by Crippen LogP contribution is -2.53. The van der Waals surface area contributed by atoms with Crippen molar-refractivity contribution in [3.63, 3.8) is 0 Å². The predicted molar refractivity (Wildman–Crippen MR) is 113 cm³/mol. The van der Waals surface area contributed by atoms with Crippen LogP contribution in [-0.4, -0.2) is 74.6 Å². The Morgan fingerprint density at radius 3 is 2.53 bits per heavy atom. The minimum Gasteiger partial charge on any atom is -0.479 e. The molecule has 182 valence electrons. The van der Waals surface area contributed by atoms with E-state index in [9.17, 15) is 29.0 Å². The molecule has 1 aliphatic rings. The number of nitrogens with two attached hydrogens (primary N) is 1. The van der Waals surface area contributed by atoms with Crippen molar-refractivity contribution in [1.29, 1.82) is 0 Å². The Morgan fingerprint density at radius 2 is 2.00 bits per heavy atom. The van der Waals surface area contributed by atoms with Crippen molar-refractivity contribution in [2.75, 3.05) is 12.3 Å². The van der Waals surface area contributed by atoms with E-state index in [2.05, 4.69) is 18.8 Å². The SMILES string of the molecule is Cc1ncc(CN2C(C)[C@H](CCOP(=O)(O)OP(=O)(O)O)S[C@@H]2[C@@](C)(O)C(=O)O)c(N)n1. The van der Waals surface area contributed by atoms with E-state index in [1.165, 1.54) is 6.20 Å². The highest BCUT2D eigenvalue weighted by molar-refractivity contribution is 8.00. The lowest BCUT2D eigenvalue weighted by atomic mass is 10.0. The van der Waals surface area contributed by atoms with E-state index in [0.717, 1.165) is 18.7 Å². The van der Waals surface area contributed by atoms with Gasteiger partial charge in [-0.05, 0) is 27.2 Å². The number of nitrogen functional groups attached to an aromatic ring is 1. The highest BCUT2D eigenvalue weighted by atomic mass is 32.2. The molecule has 32 heavy (non-hydrogen) atoms. The molecular weight excluding hydrogens is 490 g/mol. The average Bonchev–Trinajstić information content (AvgIpc) is 2.92. The first-order valence-electron chi connectivity index (χ1n) is 9.22. The van der Waals surface area contributed by atoms with Crippen molar-refractivity contribution in [3.05, 3.63) is 17.6 Å². The van der Waals surface area contributed by atoms with Crippen LogP contribution in [0.1, 0.15) is 31.7 Å². The van der Waals surface area contributed by atoms with Crippen LogP contribution in [0.4, 0.5) is 5.82 Å². The molecule has 2 unspecified atom stereocenters. The van der Waals surface area contributed by atoms with E-state index in [-0.39, 0.29) is 30.1 Å². The highest BCUT2D eigenvalue weighted by Gasteiger charge is 2.51. The van der Waals surface area contributed by atoms with Crippen LogP contribution < -0.4 is 5.73 Å². The molecule has 1 saturated heterocycles. The maximum absolute atomic E-state index is 11.7. The summed E-state index contributed by atoms with van der Waals surface area (Å²) in [6, 6.07) is -0.360. The Morgan fingerprint density at radius 1 is 1.38 bits per heavy atom. The third-order valence-corrected chi connectivity index (χ3v) is 8.97. The highest BCUT2D eigenvalue weighted by Crippen LogP contribution is 2.57. The summed E-state index contributed by atoms with van der Waals surface area (Å²) in [7, 11) is -10.2. The second-order valence-corrected chi connectivity index (χ2v) is 11.5. The van der Waals surface area contributed by atoms with Crippen molar-refractivity contribution in [2.45, 2.75) is 56.0 Å². The van der Waals surface area contributed by atoms with E-state index in [4.69, 9.17) is 15.5 Å². The second kappa shape index (κ2) is 10.0. The van der Waals surface area contributed by atoms with Gasteiger partial charge in [-0.3, -0.25) is 9.42 Å². The van der Waals surface area contributed by atoms with Crippen molar-refractivity contribution in [3.8, 4) is 0 Å². The molecule has 7 N–H and O–H groups in total. The number of phosphoric ester groups is 1. The zero-order chi connectivity index (χ0) is 24.5. The first-order valence-corrected chi connectivity index (χ1v) is 13.2. The number of aliphatic hydroxyl groups is 1. The van der Waals surface area contributed by atoms with Gasteiger partial charge in [0.2, 0.25) is 0 Å². The van der Waals surface area contributed by atoms with E-state index in [1.54, 1.807) is 18.7 Å². The van der Waals surface area contributed by atoms with Gasteiger partial charge in [-0.1, -0.05) is 0 Å². The Bertz CT molecular complexity index is 945. The van der Waals surface area contributed by atoms with Crippen molar-refractivity contribution < 1.29 is 47.7 Å². The molecular formula is C15H26N4O10P2S. The quantitative estimate of drug-likeness (QED) is 0.232. The lowest BCUT2D eigenvalue weighted by Gasteiger charge is -2.34. The molecule has 17 heteroatoms. The molecule has 0 amide bonds.